The number of sulfonamides is 1. The van der Waals surface area contributed by atoms with Gasteiger partial charge in [0.05, 0.1) is 78.1 Å². The molecule has 246 valence electrons. The van der Waals surface area contributed by atoms with E-state index in [0.717, 1.165) is 31.9 Å². The first-order chi connectivity index (χ1) is 22.6. The fourth-order valence-electron chi connectivity index (χ4n) is 6.07. The van der Waals surface area contributed by atoms with Crippen molar-refractivity contribution in [1.29, 1.82) is 5.26 Å². The fourth-order valence-corrected chi connectivity index (χ4v) is 7.23. The average Bonchev–Trinajstić information content (AvgIpc) is 3.46. The van der Waals surface area contributed by atoms with Crippen molar-refractivity contribution in [3.8, 4) is 11.9 Å². The molecule has 0 aromatic carbocycles. The van der Waals surface area contributed by atoms with Crippen LogP contribution in [0.2, 0.25) is 0 Å². The molecular formula is C30H35N11O5S. The van der Waals surface area contributed by atoms with Gasteiger partial charge in [0.15, 0.2) is 0 Å². The summed E-state index contributed by atoms with van der Waals surface area (Å²) in [7, 11) is -2.21. The third kappa shape index (κ3) is 6.93. The van der Waals surface area contributed by atoms with Gasteiger partial charge in [-0.3, -0.25) is 9.29 Å². The minimum atomic E-state index is -3.82. The lowest BCUT2D eigenvalue weighted by Crippen LogP contribution is -2.37. The Morgan fingerprint density at radius 2 is 1.81 bits per heavy atom. The molecule has 1 aliphatic carbocycles. The molecule has 0 bridgehead atoms. The third-order valence-corrected chi connectivity index (χ3v) is 9.73. The summed E-state index contributed by atoms with van der Waals surface area (Å²) in [6.07, 6.45) is 10.0. The van der Waals surface area contributed by atoms with Crippen LogP contribution in [0.3, 0.4) is 0 Å². The van der Waals surface area contributed by atoms with E-state index >= 15 is 0 Å². The van der Waals surface area contributed by atoms with Gasteiger partial charge in [0, 0.05) is 37.4 Å². The summed E-state index contributed by atoms with van der Waals surface area (Å²) in [6, 6.07) is 5.05. The number of morpholine rings is 1. The number of nitriles is 1. The number of hydrogen-bond donors (Lipinski definition) is 1. The minimum absolute atomic E-state index is 0.0539. The van der Waals surface area contributed by atoms with E-state index in [1.165, 1.54) is 33.7 Å². The Bertz CT molecular complexity index is 1900. The summed E-state index contributed by atoms with van der Waals surface area (Å²) in [4.78, 5) is 35.4. The van der Waals surface area contributed by atoms with Gasteiger partial charge >= 0.3 is 0 Å². The quantitative estimate of drug-likeness (QED) is 0.243. The molecule has 47 heavy (non-hydrogen) atoms. The van der Waals surface area contributed by atoms with Gasteiger partial charge in [-0.25, -0.2) is 23.4 Å². The largest absolute Gasteiger partial charge is 0.474 e. The molecule has 17 heteroatoms. The first-order valence-electron chi connectivity index (χ1n) is 15.3. The molecule has 4 aromatic heterocycles. The number of nitroso groups, excluding NO2 is 1. The number of ether oxygens (including phenoxy) is 2. The molecule has 1 aliphatic heterocycles. The lowest BCUT2D eigenvalue weighted by Gasteiger charge is -2.31. The van der Waals surface area contributed by atoms with Crippen LogP contribution >= 0.6 is 0 Å². The summed E-state index contributed by atoms with van der Waals surface area (Å²) in [5.41, 5.74) is 1.82. The molecule has 1 N–H and O–H groups in total. The monoisotopic (exact) mass is 661 g/mol. The maximum Gasteiger partial charge on any atom is 0.271 e. The second kappa shape index (κ2) is 13.4. The van der Waals surface area contributed by atoms with Gasteiger partial charge < -0.3 is 24.3 Å². The number of nitrogens with zero attached hydrogens (tertiary/aromatic N) is 10. The fraction of sp³-hybridized carbons (Fsp3) is 0.467. The molecule has 6 rings (SSSR count). The third-order valence-electron chi connectivity index (χ3n) is 8.49. The Labute approximate surface area is 271 Å². The van der Waals surface area contributed by atoms with E-state index in [9.17, 15) is 13.3 Å². The van der Waals surface area contributed by atoms with Crippen molar-refractivity contribution >= 4 is 44.3 Å². The highest BCUT2D eigenvalue weighted by Crippen LogP contribution is 2.36. The highest BCUT2D eigenvalue weighted by molar-refractivity contribution is 7.92. The first kappa shape index (κ1) is 32.0. The Kier molecular flexibility index (Phi) is 9.14. The molecule has 16 nitrogen and oxygen atoms in total. The summed E-state index contributed by atoms with van der Waals surface area (Å²) in [5.74, 6) is 1.51. The molecule has 1 atom stereocenters. The van der Waals surface area contributed by atoms with Crippen molar-refractivity contribution in [3.63, 3.8) is 0 Å². The van der Waals surface area contributed by atoms with Crippen molar-refractivity contribution in [3.05, 3.63) is 53.1 Å². The van der Waals surface area contributed by atoms with Gasteiger partial charge in [0.25, 0.3) is 5.95 Å². The van der Waals surface area contributed by atoms with Crippen LogP contribution in [-0.4, -0.2) is 82.6 Å². The number of pyridine rings is 2. The summed E-state index contributed by atoms with van der Waals surface area (Å²) < 4.78 is 41.3. The van der Waals surface area contributed by atoms with E-state index in [0.29, 0.717) is 71.8 Å². The van der Waals surface area contributed by atoms with Gasteiger partial charge in [-0.1, -0.05) is 0 Å². The summed E-state index contributed by atoms with van der Waals surface area (Å²) >= 11 is 0. The van der Waals surface area contributed by atoms with Crippen LogP contribution in [0.5, 0.6) is 5.88 Å². The van der Waals surface area contributed by atoms with E-state index in [1.54, 1.807) is 20.0 Å². The normalized spacial score (nSPS) is 19.1. The van der Waals surface area contributed by atoms with Gasteiger partial charge in [-0.05, 0) is 38.7 Å². The van der Waals surface area contributed by atoms with Crippen LogP contribution in [0.15, 0.2) is 42.1 Å². The maximum atomic E-state index is 13.2. The zero-order valence-corrected chi connectivity index (χ0v) is 27.1. The van der Waals surface area contributed by atoms with Gasteiger partial charge in [0.2, 0.25) is 21.9 Å². The molecule has 2 fully saturated rings. The van der Waals surface area contributed by atoms with E-state index in [2.05, 4.69) is 30.3 Å². The maximum absolute atomic E-state index is 13.2. The van der Waals surface area contributed by atoms with E-state index in [-0.39, 0.29) is 18.1 Å². The average molecular weight is 662 g/mol. The molecule has 0 amide bonds. The smallest absolute Gasteiger partial charge is 0.271 e. The molecule has 0 spiro atoms. The predicted molar refractivity (Wildman–Crippen MR) is 174 cm³/mol. The number of anilines is 3. The first-order valence-corrected chi connectivity index (χ1v) is 17.1. The van der Waals surface area contributed by atoms with Crippen molar-refractivity contribution in [1.82, 2.24) is 29.5 Å². The molecule has 4 aromatic rings. The van der Waals surface area contributed by atoms with Gasteiger partial charge in [0.1, 0.15) is 18.0 Å². The number of fused-ring (bicyclic) bond motifs is 1. The molecule has 2 aliphatic rings. The number of aromatic nitrogens is 6. The SMILES string of the molecule is CC(c1cnc(N=O)n1C)N(c1cnc2cc(N3CCOCC3)nc(OC3CCC(Nc4ncc(C#N)cn4)CC3)c2c1)S(C)(=O)=O. The Morgan fingerprint density at radius 3 is 2.45 bits per heavy atom. The zero-order valence-electron chi connectivity index (χ0n) is 26.3. The number of hydrogen-bond acceptors (Lipinski definition) is 14. The standard InChI is InChI=1S/C30H35N11O5S/c1-19(26-18-35-30(38-42)39(26)2)41(47(3,43)44)22-12-24-25(32-17-22)13-27(40-8-10-45-11-9-40)37-28(24)46-23-6-4-21(5-7-23)36-29-33-15-20(14-31)16-34-29/h12-13,15-19,21,23H,4-11H2,1-3H3,(H,33,34,36). The Morgan fingerprint density at radius 1 is 1.09 bits per heavy atom. The summed E-state index contributed by atoms with van der Waals surface area (Å²) in [6.45, 7) is 4.22. The minimum Gasteiger partial charge on any atom is -0.474 e. The van der Waals surface area contributed by atoms with E-state index < -0.39 is 16.1 Å². The van der Waals surface area contributed by atoms with Crippen molar-refractivity contribution < 1.29 is 17.9 Å². The molecule has 1 saturated heterocycles. The number of imidazole rings is 1. The van der Waals surface area contributed by atoms with E-state index in [1.807, 2.05) is 12.1 Å². The van der Waals surface area contributed by atoms with Crippen LogP contribution in [0.1, 0.15) is 49.9 Å². The van der Waals surface area contributed by atoms with Gasteiger partial charge in [-0.2, -0.15) is 10.2 Å². The van der Waals surface area contributed by atoms with E-state index in [4.69, 9.17) is 24.7 Å². The number of rotatable bonds is 10. The molecular weight excluding hydrogens is 626 g/mol. The molecule has 0 radical (unpaired) electrons. The molecule has 1 saturated carbocycles. The lowest BCUT2D eigenvalue weighted by molar-refractivity contribution is 0.122. The van der Waals surface area contributed by atoms with Crippen LogP contribution in [0.4, 0.5) is 23.4 Å². The van der Waals surface area contributed by atoms with Crippen molar-refractivity contribution in [2.45, 2.75) is 50.8 Å². The topological polar surface area (TPSA) is 194 Å². The summed E-state index contributed by atoms with van der Waals surface area (Å²) in [5, 5.41) is 15.8. The predicted octanol–water partition coefficient (Wildman–Crippen LogP) is 3.59. The second-order valence-corrected chi connectivity index (χ2v) is 13.5. The van der Waals surface area contributed by atoms with Crippen molar-refractivity contribution in [2.75, 3.05) is 47.1 Å². The lowest BCUT2D eigenvalue weighted by atomic mass is 9.93. The molecule has 1 unspecified atom stereocenters. The van der Waals surface area contributed by atoms with Crippen LogP contribution < -0.4 is 19.3 Å². The highest BCUT2D eigenvalue weighted by atomic mass is 32.2. The molecule has 5 heterocycles. The van der Waals surface area contributed by atoms with Crippen LogP contribution in [0, 0.1) is 16.2 Å². The Hall–Kier alpha value is -4.95. The highest BCUT2D eigenvalue weighted by Gasteiger charge is 2.30. The number of nitrogens with one attached hydrogen (secondary N) is 1. The Balaban J connectivity index is 1.30. The second-order valence-electron chi connectivity index (χ2n) is 11.7. The van der Waals surface area contributed by atoms with Crippen molar-refractivity contribution in [2.24, 2.45) is 12.2 Å². The zero-order chi connectivity index (χ0) is 33.1. The van der Waals surface area contributed by atoms with Crippen LogP contribution in [0.25, 0.3) is 10.9 Å². The van der Waals surface area contributed by atoms with Crippen LogP contribution in [-0.2, 0) is 21.8 Å². The van der Waals surface area contributed by atoms with Gasteiger partial charge in [-0.15, -0.1) is 4.91 Å².